The maximum absolute atomic E-state index is 13.0. The minimum absolute atomic E-state index is 0.174. The molecule has 0 saturated carbocycles. The van der Waals surface area contributed by atoms with Crippen molar-refractivity contribution in [1.82, 2.24) is 14.8 Å². The van der Waals surface area contributed by atoms with E-state index >= 15 is 0 Å². The Morgan fingerprint density at radius 3 is 2.47 bits per heavy atom. The summed E-state index contributed by atoms with van der Waals surface area (Å²) in [6.45, 7) is 2.33. The normalized spacial score (nSPS) is 16.1. The van der Waals surface area contributed by atoms with Gasteiger partial charge in [-0.2, -0.15) is 0 Å². The van der Waals surface area contributed by atoms with Crippen LogP contribution in [-0.4, -0.2) is 45.6 Å². The van der Waals surface area contributed by atoms with Crippen LogP contribution < -0.4 is 5.32 Å². The molecular formula is C27H24N4O3S2. The van der Waals surface area contributed by atoms with Gasteiger partial charge in [0.1, 0.15) is 16.6 Å². The molecule has 9 heteroatoms. The summed E-state index contributed by atoms with van der Waals surface area (Å²) in [5.74, 6) is -0.937. The van der Waals surface area contributed by atoms with Crippen LogP contribution in [-0.2, 0) is 33.9 Å². The molecule has 2 aromatic heterocycles. The summed E-state index contributed by atoms with van der Waals surface area (Å²) in [6.07, 6.45) is 1.21. The van der Waals surface area contributed by atoms with E-state index in [1.54, 1.807) is 22.7 Å². The highest BCUT2D eigenvalue weighted by Gasteiger charge is 2.32. The van der Waals surface area contributed by atoms with E-state index < -0.39 is 0 Å². The maximum Gasteiger partial charge on any atom is 0.245 e. The van der Waals surface area contributed by atoms with E-state index in [4.69, 9.17) is 4.98 Å². The Morgan fingerprint density at radius 2 is 1.69 bits per heavy atom. The first-order chi connectivity index (χ1) is 17.5. The zero-order valence-electron chi connectivity index (χ0n) is 19.5. The molecule has 2 aliphatic rings. The highest BCUT2D eigenvalue weighted by atomic mass is 32.1. The van der Waals surface area contributed by atoms with Crippen molar-refractivity contribution in [3.63, 3.8) is 0 Å². The van der Waals surface area contributed by atoms with Gasteiger partial charge in [0, 0.05) is 42.9 Å². The highest BCUT2D eigenvalue weighted by molar-refractivity contribution is 7.22. The number of imide groups is 1. The Morgan fingerprint density at radius 1 is 0.944 bits per heavy atom. The van der Waals surface area contributed by atoms with Crippen LogP contribution in [0, 0.1) is 0 Å². The van der Waals surface area contributed by atoms with Gasteiger partial charge in [-0.05, 0) is 29.7 Å². The van der Waals surface area contributed by atoms with Gasteiger partial charge in [0.25, 0.3) is 0 Å². The van der Waals surface area contributed by atoms with Crippen LogP contribution in [0.5, 0.6) is 0 Å². The predicted molar refractivity (Wildman–Crippen MR) is 142 cm³/mol. The van der Waals surface area contributed by atoms with E-state index in [9.17, 15) is 14.4 Å². The summed E-state index contributed by atoms with van der Waals surface area (Å²) >= 11 is 3.19. The van der Waals surface area contributed by atoms with Crippen molar-refractivity contribution in [1.29, 1.82) is 0 Å². The topological polar surface area (TPSA) is 82.6 Å². The lowest BCUT2D eigenvalue weighted by Gasteiger charge is -2.27. The third kappa shape index (κ3) is 4.45. The molecule has 0 radical (unpaired) electrons. The lowest BCUT2D eigenvalue weighted by molar-refractivity contribution is -0.141. The molecule has 0 aliphatic carbocycles. The Hall–Kier alpha value is -3.40. The number of thiazole rings is 1. The molecule has 2 aliphatic heterocycles. The second kappa shape index (κ2) is 9.57. The molecule has 3 amide bonds. The summed E-state index contributed by atoms with van der Waals surface area (Å²) < 4.78 is 1.10. The smallest absolute Gasteiger partial charge is 0.245 e. The van der Waals surface area contributed by atoms with Crippen LogP contribution in [0.15, 0.2) is 54.6 Å². The Labute approximate surface area is 216 Å². The first-order valence-electron chi connectivity index (χ1n) is 11.9. The zero-order valence-corrected chi connectivity index (χ0v) is 21.2. The average Bonchev–Trinajstić information content (AvgIpc) is 3.55. The second-order valence-corrected chi connectivity index (χ2v) is 11.2. The number of para-hydroxylation sites is 1. The fraction of sp³-hybridized carbons (Fsp3) is 0.259. The fourth-order valence-electron chi connectivity index (χ4n) is 4.84. The molecule has 1 saturated heterocycles. The van der Waals surface area contributed by atoms with Crippen LogP contribution >= 0.6 is 22.7 Å². The van der Waals surface area contributed by atoms with Crippen LogP contribution in [0.2, 0.25) is 0 Å². The van der Waals surface area contributed by atoms with E-state index in [0.717, 1.165) is 56.7 Å². The lowest BCUT2D eigenvalue weighted by atomic mass is 10.0. The predicted octanol–water partition coefficient (Wildman–Crippen LogP) is 4.67. The van der Waals surface area contributed by atoms with Crippen molar-refractivity contribution in [3.8, 4) is 10.6 Å². The van der Waals surface area contributed by atoms with Crippen molar-refractivity contribution >= 4 is 55.6 Å². The Balaban J connectivity index is 1.32. The largest absolute Gasteiger partial charge is 0.316 e. The molecular weight excluding hydrogens is 492 g/mol. The number of benzene rings is 2. The number of rotatable bonds is 6. The van der Waals surface area contributed by atoms with Gasteiger partial charge < -0.3 is 5.32 Å². The molecule has 0 bridgehead atoms. The molecule has 4 aromatic rings. The molecule has 6 rings (SSSR count). The molecule has 182 valence electrons. The van der Waals surface area contributed by atoms with Crippen LogP contribution in [0.3, 0.4) is 0 Å². The number of hydrogen-bond acceptors (Lipinski definition) is 7. The van der Waals surface area contributed by atoms with Gasteiger partial charge in [-0.3, -0.25) is 24.2 Å². The molecule has 1 N–H and O–H groups in total. The summed E-state index contributed by atoms with van der Waals surface area (Å²) in [7, 11) is 0. The van der Waals surface area contributed by atoms with Gasteiger partial charge >= 0.3 is 0 Å². The highest BCUT2D eigenvalue weighted by Crippen LogP contribution is 2.45. The number of fused-ring (bicyclic) bond motifs is 2. The molecule has 1 fully saturated rings. The summed E-state index contributed by atoms with van der Waals surface area (Å²) in [6, 6.07) is 18.5. The van der Waals surface area contributed by atoms with Gasteiger partial charge in [-0.25, -0.2) is 4.98 Å². The molecule has 7 nitrogen and oxygen atoms in total. The van der Waals surface area contributed by atoms with Crippen LogP contribution in [0.25, 0.3) is 20.8 Å². The second-order valence-electron chi connectivity index (χ2n) is 9.06. The third-order valence-electron chi connectivity index (χ3n) is 6.60. The van der Waals surface area contributed by atoms with Gasteiger partial charge in [-0.1, -0.05) is 42.5 Å². The van der Waals surface area contributed by atoms with Gasteiger partial charge in [0.05, 0.1) is 10.2 Å². The van der Waals surface area contributed by atoms with Gasteiger partial charge in [0.15, 0.2) is 0 Å². The summed E-state index contributed by atoms with van der Waals surface area (Å²) in [4.78, 5) is 46.6. The summed E-state index contributed by atoms with van der Waals surface area (Å²) in [5, 5.41) is 4.65. The minimum atomic E-state index is -0.360. The maximum atomic E-state index is 13.0. The number of hydrogen-bond donors (Lipinski definition) is 1. The number of aromatic nitrogens is 1. The summed E-state index contributed by atoms with van der Waals surface area (Å²) in [5.41, 5.74) is 4.41. The molecule has 36 heavy (non-hydrogen) atoms. The quantitative estimate of drug-likeness (QED) is 0.377. The molecule has 4 heterocycles. The van der Waals surface area contributed by atoms with Crippen molar-refractivity contribution in [2.75, 3.05) is 18.4 Å². The molecule has 0 atom stereocenters. The SMILES string of the molecule is O=C(CN1C(=O)CCC1=O)Nc1sc2c(c1-c1nc3ccccc3s1)CCN(Cc1ccccc1)C2. The molecule has 0 unspecified atom stereocenters. The van der Waals surface area contributed by atoms with E-state index in [0.29, 0.717) is 0 Å². The molecule has 0 spiro atoms. The number of thiophene rings is 1. The van der Waals surface area contributed by atoms with E-state index in [-0.39, 0.29) is 37.1 Å². The molecule has 2 aromatic carbocycles. The van der Waals surface area contributed by atoms with Gasteiger partial charge in [-0.15, -0.1) is 22.7 Å². The Kier molecular flexibility index (Phi) is 6.12. The minimum Gasteiger partial charge on any atom is -0.316 e. The van der Waals surface area contributed by atoms with Gasteiger partial charge in [0.2, 0.25) is 17.7 Å². The van der Waals surface area contributed by atoms with Crippen molar-refractivity contribution in [2.45, 2.75) is 32.4 Å². The van der Waals surface area contributed by atoms with Crippen molar-refractivity contribution in [2.24, 2.45) is 0 Å². The number of carbonyl (C=O) groups is 3. The van der Waals surface area contributed by atoms with Crippen molar-refractivity contribution < 1.29 is 14.4 Å². The number of anilines is 1. The Bertz CT molecular complexity index is 1430. The van der Waals surface area contributed by atoms with Crippen molar-refractivity contribution in [3.05, 3.63) is 70.6 Å². The third-order valence-corrected chi connectivity index (χ3v) is 8.79. The first-order valence-corrected chi connectivity index (χ1v) is 13.6. The number of likely N-dealkylation sites (tertiary alicyclic amines) is 1. The standard InChI is InChI=1S/C27H24N4O3S2/c32-22(16-31-23(33)10-11-24(31)34)29-27-25(26-28-19-8-4-5-9-20(19)35-26)18-12-13-30(15-21(18)36-27)14-17-6-2-1-3-7-17/h1-9H,10-16H2,(H,29,32). The number of amides is 3. The number of carbonyl (C=O) groups excluding carboxylic acids is 3. The van der Waals surface area contributed by atoms with E-state index in [2.05, 4.69) is 40.5 Å². The zero-order chi connectivity index (χ0) is 24.6. The monoisotopic (exact) mass is 516 g/mol. The van der Waals surface area contributed by atoms with Crippen LogP contribution in [0.4, 0.5) is 5.00 Å². The average molecular weight is 517 g/mol. The van der Waals surface area contributed by atoms with E-state index in [1.807, 2.05) is 24.3 Å². The first kappa shape index (κ1) is 23.0. The van der Waals surface area contributed by atoms with E-state index in [1.165, 1.54) is 16.0 Å². The number of nitrogens with one attached hydrogen (secondary N) is 1. The van der Waals surface area contributed by atoms with Crippen LogP contribution in [0.1, 0.15) is 28.8 Å². The number of nitrogens with zero attached hydrogens (tertiary/aromatic N) is 3. The lowest BCUT2D eigenvalue weighted by Crippen LogP contribution is -2.36. The fourth-order valence-corrected chi connectivity index (χ4v) is 7.25.